The molecule has 0 spiro atoms. The van der Waals surface area contributed by atoms with E-state index in [0.29, 0.717) is 0 Å². The van der Waals surface area contributed by atoms with Crippen molar-refractivity contribution in [2.75, 3.05) is 13.2 Å². The highest BCUT2D eigenvalue weighted by Crippen LogP contribution is 2.15. The van der Waals surface area contributed by atoms with Gasteiger partial charge in [0.25, 0.3) is 0 Å². The molecule has 0 bridgehead atoms. The van der Waals surface area contributed by atoms with Crippen LogP contribution in [0.1, 0.15) is 39.7 Å². The van der Waals surface area contributed by atoms with Gasteiger partial charge in [0.05, 0.1) is 25.6 Å². The number of esters is 2. The first-order valence-corrected chi connectivity index (χ1v) is 10.9. The third-order valence-electron chi connectivity index (χ3n) is 4.68. The second kappa shape index (κ2) is 14.5. The molecule has 11 nitrogen and oxygen atoms in total. The van der Waals surface area contributed by atoms with Crippen LogP contribution < -0.4 is 10.6 Å². The molecule has 0 aliphatic heterocycles. The van der Waals surface area contributed by atoms with E-state index in [0.717, 1.165) is 5.56 Å². The first-order valence-electron chi connectivity index (χ1n) is 10.9. The van der Waals surface area contributed by atoms with Crippen LogP contribution >= 0.6 is 0 Å². The third-order valence-corrected chi connectivity index (χ3v) is 4.68. The highest BCUT2D eigenvalue weighted by Gasteiger charge is 2.40. The van der Waals surface area contributed by atoms with Gasteiger partial charge in [-0.1, -0.05) is 44.2 Å². The predicted molar refractivity (Wildman–Crippen MR) is 119 cm³/mol. The highest BCUT2D eigenvalue weighted by atomic mass is 16.6. The normalized spacial score (nSPS) is 13.2. The van der Waals surface area contributed by atoms with Crippen molar-refractivity contribution in [1.29, 1.82) is 0 Å². The number of carboxylic acids is 1. The Labute approximate surface area is 198 Å². The van der Waals surface area contributed by atoms with Gasteiger partial charge in [-0.2, -0.15) is 0 Å². The minimum Gasteiger partial charge on any atom is -0.480 e. The van der Waals surface area contributed by atoms with Gasteiger partial charge >= 0.3 is 24.0 Å². The van der Waals surface area contributed by atoms with Crippen LogP contribution in [-0.4, -0.2) is 60.3 Å². The van der Waals surface area contributed by atoms with E-state index in [4.69, 9.17) is 14.2 Å². The summed E-state index contributed by atoms with van der Waals surface area (Å²) in [4.78, 5) is 61.4. The van der Waals surface area contributed by atoms with Crippen molar-refractivity contribution in [1.82, 2.24) is 10.6 Å². The summed E-state index contributed by atoms with van der Waals surface area (Å²) in [5, 5.41) is 14.3. The van der Waals surface area contributed by atoms with Crippen molar-refractivity contribution in [3.8, 4) is 0 Å². The Kier molecular flexibility index (Phi) is 12.1. The lowest BCUT2D eigenvalue weighted by Crippen LogP contribution is -2.57. The first-order chi connectivity index (χ1) is 16.1. The summed E-state index contributed by atoms with van der Waals surface area (Å²) >= 11 is 0. The number of aliphatic carboxylic acids is 1. The number of carbonyl (C=O) groups is 5. The Morgan fingerprint density at radius 3 is 2.03 bits per heavy atom. The van der Waals surface area contributed by atoms with E-state index in [9.17, 15) is 29.1 Å². The lowest BCUT2D eigenvalue weighted by Gasteiger charge is -2.27. The van der Waals surface area contributed by atoms with E-state index in [1.165, 1.54) is 6.92 Å². The molecule has 1 aromatic carbocycles. The average molecular weight is 481 g/mol. The molecule has 0 unspecified atom stereocenters. The largest absolute Gasteiger partial charge is 0.480 e. The molecule has 34 heavy (non-hydrogen) atoms. The number of nitrogens with one attached hydrogen (secondary N) is 2. The fraction of sp³-hybridized carbons (Fsp3) is 0.522. The van der Waals surface area contributed by atoms with Crippen molar-refractivity contribution < 1.29 is 43.3 Å². The van der Waals surface area contributed by atoms with Crippen LogP contribution in [0.3, 0.4) is 0 Å². The molecule has 3 N–H and O–H groups in total. The molecular formula is C23H32N2O9. The van der Waals surface area contributed by atoms with Crippen LogP contribution in [0.15, 0.2) is 30.3 Å². The molecule has 0 radical (unpaired) electrons. The molecule has 0 aliphatic carbocycles. The molecule has 0 saturated heterocycles. The summed E-state index contributed by atoms with van der Waals surface area (Å²) in [5.41, 5.74) is 0.741. The molecule has 2 amide bonds. The van der Waals surface area contributed by atoms with Crippen molar-refractivity contribution >= 4 is 29.9 Å². The van der Waals surface area contributed by atoms with Crippen molar-refractivity contribution in [2.45, 2.75) is 52.8 Å². The molecule has 1 aromatic rings. The number of carbonyl (C=O) groups excluding carboxylic acids is 4. The van der Waals surface area contributed by atoms with Gasteiger partial charge < -0.3 is 30.0 Å². The summed E-state index contributed by atoms with van der Waals surface area (Å²) < 4.78 is 14.8. The minimum atomic E-state index is -1.79. The number of rotatable bonds is 13. The van der Waals surface area contributed by atoms with Gasteiger partial charge in [0.2, 0.25) is 5.91 Å². The van der Waals surface area contributed by atoms with Gasteiger partial charge in [0.1, 0.15) is 18.7 Å². The number of benzene rings is 1. The molecule has 1 rings (SSSR count). The van der Waals surface area contributed by atoms with E-state index in [2.05, 4.69) is 10.6 Å². The monoisotopic (exact) mass is 480 g/mol. The van der Waals surface area contributed by atoms with E-state index < -0.39 is 60.2 Å². The van der Waals surface area contributed by atoms with Gasteiger partial charge in [-0.3, -0.25) is 14.4 Å². The number of hydrogen-bond donors (Lipinski definition) is 3. The number of hydrogen-bond acceptors (Lipinski definition) is 8. The summed E-state index contributed by atoms with van der Waals surface area (Å²) in [6.45, 7) is 6.31. The summed E-state index contributed by atoms with van der Waals surface area (Å²) in [5.74, 6) is -6.19. The van der Waals surface area contributed by atoms with Crippen molar-refractivity contribution in [2.24, 2.45) is 11.8 Å². The molecule has 0 saturated carbocycles. The first kappa shape index (κ1) is 28.4. The molecule has 0 aliphatic rings. The third kappa shape index (κ3) is 9.47. The zero-order valence-electron chi connectivity index (χ0n) is 19.7. The Bertz CT molecular complexity index is 842. The second-order valence-corrected chi connectivity index (χ2v) is 7.62. The van der Waals surface area contributed by atoms with Crippen molar-refractivity contribution in [3.63, 3.8) is 0 Å². The zero-order valence-corrected chi connectivity index (χ0v) is 19.7. The van der Waals surface area contributed by atoms with E-state index >= 15 is 0 Å². The van der Waals surface area contributed by atoms with Crippen LogP contribution in [0.2, 0.25) is 0 Å². The van der Waals surface area contributed by atoms with E-state index in [-0.39, 0.29) is 19.8 Å². The van der Waals surface area contributed by atoms with Gasteiger partial charge in [-0.25, -0.2) is 9.59 Å². The second-order valence-electron chi connectivity index (χ2n) is 7.62. The maximum atomic E-state index is 12.9. The number of ether oxygens (including phenoxy) is 3. The maximum Gasteiger partial charge on any atom is 0.408 e. The topological polar surface area (TPSA) is 157 Å². The average Bonchev–Trinajstić information content (AvgIpc) is 2.78. The number of carboxylic acid groups (broad SMARTS) is 1. The summed E-state index contributed by atoms with van der Waals surface area (Å²) in [6, 6.07) is 5.93. The molecule has 11 heteroatoms. The Balaban J connectivity index is 2.95. The van der Waals surface area contributed by atoms with Crippen LogP contribution in [0.25, 0.3) is 0 Å². The Morgan fingerprint density at radius 2 is 1.50 bits per heavy atom. The summed E-state index contributed by atoms with van der Waals surface area (Å²) in [6.07, 6.45) is -1.49. The van der Waals surface area contributed by atoms with Gasteiger partial charge in [-0.05, 0) is 25.3 Å². The fourth-order valence-corrected chi connectivity index (χ4v) is 2.99. The minimum absolute atomic E-state index is 0.0265. The predicted octanol–water partition coefficient (Wildman–Crippen LogP) is 1.64. The van der Waals surface area contributed by atoms with Gasteiger partial charge in [0, 0.05) is 0 Å². The standard InChI is InChI=1S/C23H32N2O9/c1-5-32-17(26)12-16(22(30)33-6-2)19(21(28)29)24-20(27)18(14(3)4)25-23(31)34-13-15-10-8-7-9-11-15/h7-11,14,16,18-19H,5-6,12-13H2,1-4H3,(H,24,27)(H,25,31)(H,28,29)/t16-,18+,19+/m1/s1. The Hall–Kier alpha value is -3.63. The van der Waals surface area contributed by atoms with Crippen LogP contribution in [0.4, 0.5) is 4.79 Å². The quantitative estimate of drug-likeness (QED) is 0.282. The molecule has 3 atom stereocenters. The molecular weight excluding hydrogens is 448 g/mol. The highest BCUT2D eigenvalue weighted by molar-refractivity contribution is 5.93. The lowest BCUT2D eigenvalue weighted by atomic mass is 9.94. The molecule has 0 fully saturated rings. The smallest absolute Gasteiger partial charge is 0.408 e. The fourth-order valence-electron chi connectivity index (χ4n) is 2.99. The number of amides is 2. The van der Waals surface area contributed by atoms with Crippen LogP contribution in [-0.2, 0) is 40.0 Å². The SMILES string of the molecule is CCOC(=O)C[C@@H](C(=O)OCC)[C@H](NC(=O)[C@@H](NC(=O)OCc1ccccc1)C(C)C)C(=O)O. The van der Waals surface area contributed by atoms with Gasteiger partial charge in [-0.15, -0.1) is 0 Å². The van der Waals surface area contributed by atoms with Crippen molar-refractivity contribution in [3.05, 3.63) is 35.9 Å². The molecule has 188 valence electrons. The summed E-state index contributed by atoms with van der Waals surface area (Å²) in [7, 11) is 0. The maximum absolute atomic E-state index is 12.9. The van der Waals surface area contributed by atoms with Crippen LogP contribution in [0.5, 0.6) is 0 Å². The lowest BCUT2D eigenvalue weighted by molar-refractivity contribution is -0.160. The zero-order chi connectivity index (χ0) is 25.7. The van der Waals surface area contributed by atoms with Crippen LogP contribution in [0, 0.1) is 11.8 Å². The Morgan fingerprint density at radius 1 is 0.882 bits per heavy atom. The van der Waals surface area contributed by atoms with Gasteiger partial charge in [0.15, 0.2) is 0 Å². The number of alkyl carbamates (subject to hydrolysis) is 1. The molecule has 0 aromatic heterocycles. The van der Waals surface area contributed by atoms with E-state index in [1.807, 2.05) is 6.07 Å². The van der Waals surface area contributed by atoms with E-state index in [1.54, 1.807) is 45.0 Å². The molecule has 0 heterocycles.